The van der Waals surface area contributed by atoms with Crippen molar-refractivity contribution in [2.45, 2.75) is 18.4 Å². The summed E-state index contributed by atoms with van der Waals surface area (Å²) in [6, 6.07) is 6.49. The number of hydrogen-bond donors (Lipinski definition) is 2. The Morgan fingerprint density at radius 3 is 2.73 bits per heavy atom. The molecule has 2 aromatic carbocycles. The average molecular weight is 518 g/mol. The molecule has 3 rings (SSSR count). The van der Waals surface area contributed by atoms with E-state index in [1.165, 1.54) is 0 Å². The second-order valence-electron chi connectivity index (χ2n) is 6.90. The molecule has 0 bridgehead atoms. The molecule has 0 unspecified atom stereocenters. The Labute approximate surface area is 199 Å². The van der Waals surface area contributed by atoms with Gasteiger partial charge in [-0.25, -0.2) is 22.2 Å². The standard InChI is InChI=1S/C20H22ClF2N5O3S2/c1-3-24-6-7-28(2)16-8-14(21)5-4-13(16)11-31-17-9-15(22)10-18(19(17)23)33(29,30)27-20-25-12-26-32-20/h4-5,8-10,12,24H,3,6-7,11H2,1-2H3,(H,25,26,27). The van der Waals surface area contributed by atoms with E-state index in [1.54, 1.807) is 18.2 Å². The van der Waals surface area contributed by atoms with E-state index in [-0.39, 0.29) is 11.7 Å². The van der Waals surface area contributed by atoms with Crippen LogP contribution in [0.4, 0.5) is 19.6 Å². The normalized spacial score (nSPS) is 11.4. The van der Waals surface area contributed by atoms with E-state index in [4.69, 9.17) is 16.3 Å². The maximum absolute atomic E-state index is 15.0. The smallest absolute Gasteiger partial charge is 0.266 e. The first-order chi connectivity index (χ1) is 15.7. The summed E-state index contributed by atoms with van der Waals surface area (Å²) in [5.41, 5.74) is 1.42. The van der Waals surface area contributed by atoms with Gasteiger partial charge in [-0.05, 0) is 24.7 Å². The SMILES string of the molecule is CCNCCN(C)c1cc(Cl)ccc1COc1cc(F)cc(S(=O)(=O)Nc2ncns2)c1F. The number of nitrogens with one attached hydrogen (secondary N) is 2. The summed E-state index contributed by atoms with van der Waals surface area (Å²) in [5.74, 6) is -2.73. The summed E-state index contributed by atoms with van der Waals surface area (Å²) in [6.45, 7) is 4.11. The van der Waals surface area contributed by atoms with Gasteiger partial charge in [0.2, 0.25) is 5.13 Å². The van der Waals surface area contributed by atoms with Gasteiger partial charge in [0.25, 0.3) is 10.0 Å². The Morgan fingerprint density at radius 1 is 1.24 bits per heavy atom. The Hall–Kier alpha value is -2.54. The molecule has 0 fully saturated rings. The minimum atomic E-state index is -4.45. The van der Waals surface area contributed by atoms with Gasteiger partial charge < -0.3 is 15.0 Å². The molecule has 0 amide bonds. The third kappa shape index (κ3) is 6.50. The molecule has 33 heavy (non-hydrogen) atoms. The minimum Gasteiger partial charge on any atom is -0.486 e. The molecule has 0 aliphatic heterocycles. The predicted molar refractivity (Wildman–Crippen MR) is 125 cm³/mol. The number of sulfonamides is 1. The lowest BCUT2D eigenvalue weighted by atomic mass is 10.1. The van der Waals surface area contributed by atoms with E-state index in [1.807, 2.05) is 18.9 Å². The number of ether oxygens (including phenoxy) is 1. The summed E-state index contributed by atoms with van der Waals surface area (Å²) >= 11 is 6.90. The second-order valence-corrected chi connectivity index (χ2v) is 9.77. The highest BCUT2D eigenvalue weighted by atomic mass is 35.5. The Kier molecular flexibility index (Phi) is 8.40. The first-order valence-corrected chi connectivity index (χ1v) is 12.5. The lowest BCUT2D eigenvalue weighted by molar-refractivity contribution is 0.285. The van der Waals surface area contributed by atoms with E-state index in [2.05, 4.69) is 19.4 Å². The number of benzene rings is 2. The van der Waals surface area contributed by atoms with Crippen LogP contribution in [0, 0.1) is 11.6 Å². The third-order valence-corrected chi connectivity index (χ3v) is 6.84. The fraction of sp³-hybridized carbons (Fsp3) is 0.300. The summed E-state index contributed by atoms with van der Waals surface area (Å²) in [4.78, 5) is 4.75. The van der Waals surface area contributed by atoms with Crippen molar-refractivity contribution in [3.05, 3.63) is 58.9 Å². The van der Waals surface area contributed by atoms with Gasteiger partial charge in [-0.2, -0.15) is 4.37 Å². The zero-order valence-corrected chi connectivity index (χ0v) is 20.2. The molecule has 0 saturated heterocycles. The molecule has 0 aliphatic carbocycles. The zero-order chi connectivity index (χ0) is 24.0. The van der Waals surface area contributed by atoms with Crippen LogP contribution < -0.4 is 19.7 Å². The van der Waals surface area contributed by atoms with Crippen molar-refractivity contribution in [3.8, 4) is 5.75 Å². The molecule has 3 aromatic rings. The number of aromatic nitrogens is 2. The summed E-state index contributed by atoms with van der Waals surface area (Å²) in [5, 5.41) is 3.66. The molecule has 2 N–H and O–H groups in total. The number of hydrogen-bond acceptors (Lipinski definition) is 8. The number of likely N-dealkylation sites (N-methyl/N-ethyl adjacent to an activating group) is 2. The fourth-order valence-corrected chi connectivity index (χ4v) is 4.87. The van der Waals surface area contributed by atoms with Crippen LogP contribution in [-0.4, -0.2) is 44.5 Å². The average Bonchev–Trinajstić information content (AvgIpc) is 3.27. The van der Waals surface area contributed by atoms with Crippen LogP contribution in [0.25, 0.3) is 0 Å². The van der Waals surface area contributed by atoms with Gasteiger partial charge in [-0.3, -0.25) is 4.72 Å². The summed E-state index contributed by atoms with van der Waals surface area (Å²) < 4.78 is 65.5. The molecule has 0 atom stereocenters. The predicted octanol–water partition coefficient (Wildman–Crippen LogP) is 3.90. The largest absolute Gasteiger partial charge is 0.486 e. The van der Waals surface area contributed by atoms with Crippen molar-refractivity contribution in [3.63, 3.8) is 0 Å². The van der Waals surface area contributed by atoms with Gasteiger partial charge >= 0.3 is 0 Å². The molecule has 0 radical (unpaired) electrons. The van der Waals surface area contributed by atoms with Gasteiger partial charge in [0.05, 0.1) is 0 Å². The van der Waals surface area contributed by atoms with Gasteiger partial charge in [-0.15, -0.1) is 0 Å². The van der Waals surface area contributed by atoms with E-state index < -0.39 is 32.3 Å². The topological polar surface area (TPSA) is 96.5 Å². The van der Waals surface area contributed by atoms with Gasteiger partial charge in [0.15, 0.2) is 11.6 Å². The van der Waals surface area contributed by atoms with Gasteiger partial charge in [-0.1, -0.05) is 24.6 Å². The maximum atomic E-state index is 15.0. The van der Waals surface area contributed by atoms with Crippen molar-refractivity contribution in [1.29, 1.82) is 0 Å². The van der Waals surface area contributed by atoms with Crippen LogP contribution in [0.15, 0.2) is 41.6 Å². The van der Waals surface area contributed by atoms with Crippen molar-refractivity contribution in [1.82, 2.24) is 14.7 Å². The van der Waals surface area contributed by atoms with E-state index in [0.29, 0.717) is 23.2 Å². The molecule has 13 heteroatoms. The van der Waals surface area contributed by atoms with Gasteiger partial charge in [0, 0.05) is 54.0 Å². The number of rotatable bonds is 11. The zero-order valence-electron chi connectivity index (χ0n) is 17.8. The monoisotopic (exact) mass is 517 g/mol. The highest BCUT2D eigenvalue weighted by molar-refractivity contribution is 7.93. The summed E-state index contributed by atoms with van der Waals surface area (Å²) in [7, 11) is -2.58. The Bertz CT molecular complexity index is 1200. The summed E-state index contributed by atoms with van der Waals surface area (Å²) in [6.07, 6.45) is 1.14. The highest BCUT2D eigenvalue weighted by Crippen LogP contribution is 2.30. The van der Waals surface area contributed by atoms with Crippen LogP contribution in [0.5, 0.6) is 5.75 Å². The van der Waals surface area contributed by atoms with E-state index in [0.717, 1.165) is 42.7 Å². The van der Waals surface area contributed by atoms with Crippen molar-refractivity contribution < 1.29 is 21.9 Å². The molecule has 0 aliphatic rings. The molecule has 178 valence electrons. The number of halogens is 3. The fourth-order valence-electron chi connectivity index (χ4n) is 2.94. The minimum absolute atomic E-state index is 0.0764. The quantitative estimate of drug-likeness (QED) is 0.372. The Morgan fingerprint density at radius 2 is 2.03 bits per heavy atom. The molecule has 8 nitrogen and oxygen atoms in total. The van der Waals surface area contributed by atoms with Crippen LogP contribution in [0.2, 0.25) is 5.02 Å². The van der Waals surface area contributed by atoms with Crippen molar-refractivity contribution in [2.75, 3.05) is 36.3 Å². The molecular formula is C20H22ClF2N5O3S2. The first kappa shape index (κ1) is 25.1. The third-order valence-electron chi connectivity index (χ3n) is 4.56. The van der Waals surface area contributed by atoms with E-state index in [9.17, 15) is 12.8 Å². The number of nitrogens with zero attached hydrogens (tertiary/aromatic N) is 3. The molecule has 0 spiro atoms. The maximum Gasteiger partial charge on any atom is 0.266 e. The molecule has 1 aromatic heterocycles. The van der Waals surface area contributed by atoms with Crippen LogP contribution in [0.1, 0.15) is 12.5 Å². The number of anilines is 2. The highest BCUT2D eigenvalue weighted by Gasteiger charge is 2.25. The van der Waals surface area contributed by atoms with Crippen molar-refractivity contribution >= 4 is 44.0 Å². The van der Waals surface area contributed by atoms with Gasteiger partial charge in [0.1, 0.15) is 23.6 Å². The van der Waals surface area contributed by atoms with Crippen LogP contribution in [0.3, 0.4) is 0 Å². The Balaban J connectivity index is 1.84. The molecule has 1 heterocycles. The lowest BCUT2D eigenvalue weighted by Gasteiger charge is -2.23. The first-order valence-electron chi connectivity index (χ1n) is 9.83. The van der Waals surface area contributed by atoms with Crippen LogP contribution in [-0.2, 0) is 16.6 Å². The molecule has 0 saturated carbocycles. The van der Waals surface area contributed by atoms with Crippen LogP contribution >= 0.6 is 23.1 Å². The second kappa shape index (κ2) is 11.1. The van der Waals surface area contributed by atoms with Crippen molar-refractivity contribution in [2.24, 2.45) is 0 Å². The molecular weight excluding hydrogens is 496 g/mol. The van der Waals surface area contributed by atoms with E-state index >= 15 is 4.39 Å². The lowest BCUT2D eigenvalue weighted by Crippen LogP contribution is -2.29.